The number of nitrogens with zero attached hydrogens (tertiary/aromatic N) is 2. The van der Waals surface area contributed by atoms with Crippen LogP contribution in [0.3, 0.4) is 0 Å². The number of carbonyl (C=O) groups excluding carboxylic acids is 2. The van der Waals surface area contributed by atoms with Gasteiger partial charge in [-0.05, 0) is 30.5 Å². The minimum Gasteiger partial charge on any atom is -0.380 e. The predicted octanol–water partition coefficient (Wildman–Crippen LogP) is 3.72. The number of non-ortho nitro benzene ring substituents is 1. The zero-order chi connectivity index (χ0) is 22.5. The van der Waals surface area contributed by atoms with Crippen molar-refractivity contribution in [3.8, 4) is 0 Å². The number of hydrogen-bond donors (Lipinski definition) is 2. The molecule has 2 atom stereocenters. The normalized spacial score (nSPS) is 16.8. The standard InChI is InChI=1S/C22H25ClN4O4/c1-14(2)20(25-21(28)18-9-8-17(27(30)31)12-19(18)23)22(29)26-11-10-16(13-26)24-15-6-4-3-5-7-15/h3-9,12,14,16,20,24H,10-11,13H2,1-2H3,(H,25,28). The molecule has 0 saturated carbocycles. The average Bonchev–Trinajstić information content (AvgIpc) is 3.20. The summed E-state index contributed by atoms with van der Waals surface area (Å²) in [5.74, 6) is -0.835. The predicted molar refractivity (Wildman–Crippen MR) is 119 cm³/mol. The minimum absolute atomic E-state index is 0.0325. The summed E-state index contributed by atoms with van der Waals surface area (Å²) in [6.45, 7) is 4.86. The van der Waals surface area contributed by atoms with E-state index in [1.807, 2.05) is 44.2 Å². The van der Waals surface area contributed by atoms with E-state index in [4.69, 9.17) is 11.6 Å². The van der Waals surface area contributed by atoms with Crippen LogP contribution < -0.4 is 10.6 Å². The van der Waals surface area contributed by atoms with Gasteiger partial charge in [0.15, 0.2) is 0 Å². The summed E-state index contributed by atoms with van der Waals surface area (Å²) < 4.78 is 0. The van der Waals surface area contributed by atoms with E-state index < -0.39 is 16.9 Å². The summed E-state index contributed by atoms with van der Waals surface area (Å²) in [7, 11) is 0. The first-order chi connectivity index (χ1) is 14.8. The quantitative estimate of drug-likeness (QED) is 0.500. The van der Waals surface area contributed by atoms with Crippen LogP contribution in [0.15, 0.2) is 48.5 Å². The highest BCUT2D eigenvalue weighted by molar-refractivity contribution is 6.34. The van der Waals surface area contributed by atoms with Crippen molar-refractivity contribution in [2.75, 3.05) is 18.4 Å². The van der Waals surface area contributed by atoms with Crippen molar-refractivity contribution in [2.24, 2.45) is 5.92 Å². The maximum absolute atomic E-state index is 13.1. The van der Waals surface area contributed by atoms with E-state index in [2.05, 4.69) is 10.6 Å². The number of nitro benzene ring substituents is 1. The number of anilines is 1. The fraction of sp³-hybridized carbons (Fsp3) is 0.364. The van der Waals surface area contributed by atoms with E-state index in [1.165, 1.54) is 12.1 Å². The summed E-state index contributed by atoms with van der Waals surface area (Å²) in [6.07, 6.45) is 0.813. The fourth-order valence-electron chi connectivity index (χ4n) is 3.58. The lowest BCUT2D eigenvalue weighted by Crippen LogP contribution is -2.51. The highest BCUT2D eigenvalue weighted by Gasteiger charge is 2.33. The van der Waals surface area contributed by atoms with Crippen LogP contribution >= 0.6 is 11.6 Å². The van der Waals surface area contributed by atoms with Crippen LogP contribution in [0.2, 0.25) is 5.02 Å². The molecule has 0 aliphatic carbocycles. The second-order valence-electron chi connectivity index (χ2n) is 7.90. The first-order valence-electron chi connectivity index (χ1n) is 10.1. The molecule has 31 heavy (non-hydrogen) atoms. The van der Waals surface area contributed by atoms with Gasteiger partial charge >= 0.3 is 0 Å². The van der Waals surface area contributed by atoms with Crippen molar-refractivity contribution in [1.82, 2.24) is 10.2 Å². The topological polar surface area (TPSA) is 105 Å². The summed E-state index contributed by atoms with van der Waals surface area (Å²) in [5, 5.41) is 17.0. The van der Waals surface area contributed by atoms with Crippen LogP contribution in [0.1, 0.15) is 30.6 Å². The second kappa shape index (κ2) is 9.78. The van der Waals surface area contributed by atoms with Gasteiger partial charge in [0.2, 0.25) is 5.91 Å². The SMILES string of the molecule is CC(C)C(NC(=O)c1ccc([N+](=O)[O-])cc1Cl)C(=O)N1CCC(Nc2ccccc2)C1. The molecule has 2 aromatic rings. The molecule has 8 nitrogen and oxygen atoms in total. The molecule has 1 aliphatic heterocycles. The number of nitro groups is 1. The number of halogens is 1. The molecular formula is C22H25ClN4O4. The highest BCUT2D eigenvalue weighted by atomic mass is 35.5. The Morgan fingerprint density at radius 1 is 1.19 bits per heavy atom. The third kappa shape index (κ3) is 5.52. The summed E-state index contributed by atoms with van der Waals surface area (Å²) in [6, 6.07) is 12.9. The first kappa shape index (κ1) is 22.6. The number of rotatable bonds is 7. The molecule has 1 saturated heterocycles. The van der Waals surface area contributed by atoms with Crippen LogP contribution in [0.25, 0.3) is 0 Å². The summed E-state index contributed by atoms with van der Waals surface area (Å²) in [4.78, 5) is 37.9. The molecular weight excluding hydrogens is 420 g/mol. The molecule has 164 valence electrons. The molecule has 1 fully saturated rings. The molecule has 0 spiro atoms. The number of carbonyl (C=O) groups is 2. The third-order valence-corrected chi connectivity index (χ3v) is 5.58. The zero-order valence-electron chi connectivity index (χ0n) is 17.4. The highest BCUT2D eigenvalue weighted by Crippen LogP contribution is 2.23. The average molecular weight is 445 g/mol. The summed E-state index contributed by atoms with van der Waals surface area (Å²) in [5.41, 5.74) is 0.895. The Bertz CT molecular complexity index is 967. The van der Waals surface area contributed by atoms with E-state index in [1.54, 1.807) is 4.90 Å². The molecule has 2 amide bonds. The van der Waals surface area contributed by atoms with Crippen LogP contribution in [0.4, 0.5) is 11.4 Å². The number of nitrogens with one attached hydrogen (secondary N) is 2. The number of benzene rings is 2. The van der Waals surface area contributed by atoms with Gasteiger partial charge in [-0.3, -0.25) is 19.7 Å². The molecule has 1 aliphatic rings. The van der Waals surface area contributed by atoms with Crippen molar-refractivity contribution in [3.63, 3.8) is 0 Å². The first-order valence-corrected chi connectivity index (χ1v) is 10.5. The zero-order valence-corrected chi connectivity index (χ0v) is 18.1. The van der Waals surface area contributed by atoms with Gasteiger partial charge in [-0.15, -0.1) is 0 Å². The van der Waals surface area contributed by atoms with Crippen molar-refractivity contribution < 1.29 is 14.5 Å². The molecule has 0 aromatic heterocycles. The Morgan fingerprint density at radius 3 is 2.52 bits per heavy atom. The second-order valence-corrected chi connectivity index (χ2v) is 8.30. The Morgan fingerprint density at radius 2 is 1.90 bits per heavy atom. The van der Waals surface area contributed by atoms with Gasteiger partial charge in [0.05, 0.1) is 15.5 Å². The van der Waals surface area contributed by atoms with Gasteiger partial charge in [0.25, 0.3) is 11.6 Å². The van der Waals surface area contributed by atoms with E-state index in [-0.39, 0.29) is 34.1 Å². The van der Waals surface area contributed by atoms with Crippen molar-refractivity contribution >= 4 is 34.8 Å². The molecule has 9 heteroatoms. The number of para-hydroxylation sites is 1. The maximum Gasteiger partial charge on any atom is 0.270 e. The van der Waals surface area contributed by atoms with Gasteiger partial charge in [0.1, 0.15) is 6.04 Å². The lowest BCUT2D eigenvalue weighted by molar-refractivity contribution is -0.384. The monoisotopic (exact) mass is 444 g/mol. The summed E-state index contributed by atoms with van der Waals surface area (Å²) >= 11 is 6.07. The Balaban J connectivity index is 1.66. The molecule has 2 aromatic carbocycles. The van der Waals surface area contributed by atoms with Crippen molar-refractivity contribution in [1.29, 1.82) is 0 Å². The molecule has 0 bridgehead atoms. The smallest absolute Gasteiger partial charge is 0.270 e. The van der Waals surface area contributed by atoms with Crippen LogP contribution in [0, 0.1) is 16.0 Å². The van der Waals surface area contributed by atoms with Gasteiger partial charge in [-0.1, -0.05) is 43.6 Å². The molecule has 1 heterocycles. The van der Waals surface area contributed by atoms with E-state index in [0.717, 1.165) is 18.2 Å². The van der Waals surface area contributed by atoms with Crippen molar-refractivity contribution in [2.45, 2.75) is 32.4 Å². The van der Waals surface area contributed by atoms with Gasteiger partial charge in [0, 0.05) is 37.0 Å². The van der Waals surface area contributed by atoms with Crippen LogP contribution in [-0.4, -0.2) is 46.8 Å². The number of amides is 2. The maximum atomic E-state index is 13.1. The molecule has 3 rings (SSSR count). The van der Waals surface area contributed by atoms with E-state index >= 15 is 0 Å². The largest absolute Gasteiger partial charge is 0.380 e. The lowest BCUT2D eigenvalue weighted by Gasteiger charge is -2.27. The Hall–Kier alpha value is -3.13. The van der Waals surface area contributed by atoms with Crippen LogP contribution in [0.5, 0.6) is 0 Å². The van der Waals surface area contributed by atoms with Gasteiger partial charge in [-0.2, -0.15) is 0 Å². The number of hydrogen-bond acceptors (Lipinski definition) is 5. The molecule has 2 N–H and O–H groups in total. The van der Waals surface area contributed by atoms with Crippen molar-refractivity contribution in [3.05, 3.63) is 69.2 Å². The Kier molecular flexibility index (Phi) is 7.12. The van der Waals surface area contributed by atoms with Crippen LogP contribution in [-0.2, 0) is 4.79 Å². The van der Waals surface area contributed by atoms with Gasteiger partial charge in [-0.25, -0.2) is 0 Å². The third-order valence-electron chi connectivity index (χ3n) is 5.27. The lowest BCUT2D eigenvalue weighted by atomic mass is 10.0. The molecule has 2 unspecified atom stereocenters. The van der Waals surface area contributed by atoms with E-state index in [0.29, 0.717) is 13.1 Å². The van der Waals surface area contributed by atoms with Gasteiger partial charge < -0.3 is 15.5 Å². The Labute approximate surface area is 185 Å². The number of likely N-dealkylation sites (tertiary alicyclic amines) is 1. The molecule has 0 radical (unpaired) electrons. The fourth-order valence-corrected chi connectivity index (χ4v) is 3.84. The minimum atomic E-state index is -0.728. The van der Waals surface area contributed by atoms with E-state index in [9.17, 15) is 19.7 Å².